The van der Waals surface area contributed by atoms with Gasteiger partial charge in [0.2, 0.25) is 0 Å². The third kappa shape index (κ3) is 2.15. The molecule has 1 amide bonds. The molecule has 3 rings (SSSR count). The van der Waals surface area contributed by atoms with Gasteiger partial charge in [-0.05, 0) is 37.8 Å². The van der Waals surface area contributed by atoms with Crippen LogP contribution in [-0.4, -0.2) is 43.9 Å². The van der Waals surface area contributed by atoms with Crippen molar-refractivity contribution in [3.05, 3.63) is 35.3 Å². The summed E-state index contributed by atoms with van der Waals surface area (Å²) in [6, 6.07) is 3.10. The number of carbonyl (C=O) groups is 2. The van der Waals surface area contributed by atoms with Crippen LogP contribution in [0.2, 0.25) is 0 Å². The molecular formula is C16H19N3O3. The predicted octanol–water partition coefficient (Wildman–Crippen LogP) is 1.89. The first-order valence-electron chi connectivity index (χ1n) is 7.55. The summed E-state index contributed by atoms with van der Waals surface area (Å²) in [4.78, 5) is 30.3. The van der Waals surface area contributed by atoms with E-state index in [-0.39, 0.29) is 5.91 Å². The number of carboxylic acid groups (broad SMARTS) is 1. The highest BCUT2D eigenvalue weighted by atomic mass is 16.4. The molecule has 6 heteroatoms. The van der Waals surface area contributed by atoms with Crippen molar-refractivity contribution in [3.63, 3.8) is 0 Å². The maximum Gasteiger partial charge on any atom is 0.326 e. The zero-order chi connectivity index (χ0) is 15.9. The smallest absolute Gasteiger partial charge is 0.326 e. The lowest BCUT2D eigenvalue weighted by atomic mass is 10.2. The van der Waals surface area contributed by atoms with Gasteiger partial charge in [-0.25, -0.2) is 9.78 Å². The Balaban J connectivity index is 2.11. The van der Waals surface area contributed by atoms with Crippen molar-refractivity contribution in [2.45, 2.75) is 39.2 Å². The average molecular weight is 301 g/mol. The summed E-state index contributed by atoms with van der Waals surface area (Å²) in [5.41, 5.74) is 2.96. The second-order valence-electron chi connectivity index (χ2n) is 5.64. The molecule has 116 valence electrons. The van der Waals surface area contributed by atoms with Crippen LogP contribution in [0.15, 0.2) is 18.3 Å². The number of pyridine rings is 1. The second kappa shape index (κ2) is 5.44. The standard InChI is InChI=1S/C16H19N3O3/c1-3-11-13(19-9-4-6-10(2)14(19)17-11)15(20)18-8-5-7-12(18)16(21)22/h4,6,9,12H,3,5,7-8H2,1-2H3,(H,21,22). The first-order valence-corrected chi connectivity index (χ1v) is 7.55. The summed E-state index contributed by atoms with van der Waals surface area (Å²) in [5.74, 6) is -1.17. The van der Waals surface area contributed by atoms with Gasteiger partial charge in [0.05, 0.1) is 5.69 Å². The van der Waals surface area contributed by atoms with Gasteiger partial charge in [0.15, 0.2) is 0 Å². The Bertz CT molecular complexity index is 750. The summed E-state index contributed by atoms with van der Waals surface area (Å²) >= 11 is 0. The average Bonchev–Trinajstić information content (AvgIpc) is 3.11. The Morgan fingerprint density at radius 2 is 2.23 bits per heavy atom. The quantitative estimate of drug-likeness (QED) is 0.939. The summed E-state index contributed by atoms with van der Waals surface area (Å²) in [6.45, 7) is 4.39. The Morgan fingerprint density at radius 3 is 2.91 bits per heavy atom. The molecule has 0 bridgehead atoms. The van der Waals surface area contributed by atoms with E-state index >= 15 is 0 Å². The minimum absolute atomic E-state index is 0.236. The maximum atomic E-state index is 12.9. The number of hydrogen-bond donors (Lipinski definition) is 1. The Kier molecular flexibility index (Phi) is 3.60. The number of nitrogens with zero attached hydrogens (tertiary/aromatic N) is 3. The fourth-order valence-corrected chi connectivity index (χ4v) is 3.13. The molecule has 1 N–H and O–H groups in total. The Hall–Kier alpha value is -2.37. The van der Waals surface area contributed by atoms with Crippen LogP contribution in [-0.2, 0) is 11.2 Å². The SMILES string of the molecule is CCc1nc2c(C)cccn2c1C(=O)N1CCCC1C(=O)O. The van der Waals surface area contributed by atoms with Gasteiger partial charge in [-0.15, -0.1) is 0 Å². The fourth-order valence-electron chi connectivity index (χ4n) is 3.13. The molecule has 0 radical (unpaired) electrons. The van der Waals surface area contributed by atoms with Crippen molar-refractivity contribution in [1.29, 1.82) is 0 Å². The van der Waals surface area contributed by atoms with E-state index < -0.39 is 12.0 Å². The molecule has 6 nitrogen and oxygen atoms in total. The van der Waals surface area contributed by atoms with Crippen LogP contribution >= 0.6 is 0 Å². The van der Waals surface area contributed by atoms with Crippen LogP contribution in [0.3, 0.4) is 0 Å². The Labute approximate surface area is 128 Å². The van der Waals surface area contributed by atoms with Gasteiger partial charge in [-0.1, -0.05) is 13.0 Å². The summed E-state index contributed by atoms with van der Waals surface area (Å²) in [7, 11) is 0. The van der Waals surface area contributed by atoms with E-state index in [0.29, 0.717) is 25.1 Å². The first-order chi connectivity index (χ1) is 10.5. The number of likely N-dealkylation sites (tertiary alicyclic amines) is 1. The number of aromatic nitrogens is 2. The zero-order valence-electron chi connectivity index (χ0n) is 12.7. The van der Waals surface area contributed by atoms with Gasteiger partial charge in [-0.3, -0.25) is 9.20 Å². The van der Waals surface area contributed by atoms with E-state index in [0.717, 1.165) is 23.3 Å². The van der Waals surface area contributed by atoms with Gasteiger partial charge < -0.3 is 10.0 Å². The highest BCUT2D eigenvalue weighted by molar-refractivity contribution is 5.97. The van der Waals surface area contributed by atoms with E-state index in [1.54, 1.807) is 4.40 Å². The molecule has 1 atom stereocenters. The normalized spacial score (nSPS) is 18.1. The zero-order valence-corrected chi connectivity index (χ0v) is 12.7. The van der Waals surface area contributed by atoms with Crippen molar-refractivity contribution >= 4 is 17.5 Å². The number of imidazole rings is 1. The number of rotatable bonds is 3. The molecule has 1 aliphatic rings. The molecule has 0 aromatic carbocycles. The van der Waals surface area contributed by atoms with Crippen molar-refractivity contribution in [1.82, 2.24) is 14.3 Å². The maximum absolute atomic E-state index is 12.9. The number of fused-ring (bicyclic) bond motifs is 1. The molecule has 0 aliphatic carbocycles. The molecule has 1 aliphatic heterocycles. The first kappa shape index (κ1) is 14.6. The molecule has 22 heavy (non-hydrogen) atoms. The number of amides is 1. The second-order valence-corrected chi connectivity index (χ2v) is 5.64. The monoisotopic (exact) mass is 301 g/mol. The number of aryl methyl sites for hydroxylation is 2. The summed E-state index contributed by atoms with van der Waals surface area (Å²) in [6.07, 6.45) is 3.68. The highest BCUT2D eigenvalue weighted by Gasteiger charge is 2.36. The van der Waals surface area contributed by atoms with E-state index in [2.05, 4.69) is 4.98 Å². The molecule has 3 heterocycles. The molecule has 0 saturated carbocycles. The lowest BCUT2D eigenvalue weighted by molar-refractivity contribution is -0.141. The number of hydrogen-bond acceptors (Lipinski definition) is 3. The lowest BCUT2D eigenvalue weighted by Gasteiger charge is -2.21. The number of carbonyl (C=O) groups excluding carboxylic acids is 1. The van der Waals surface area contributed by atoms with E-state index in [4.69, 9.17) is 0 Å². The number of carboxylic acids is 1. The van der Waals surface area contributed by atoms with E-state index in [1.165, 1.54) is 4.90 Å². The fraction of sp³-hybridized carbons (Fsp3) is 0.438. The van der Waals surface area contributed by atoms with Crippen LogP contribution in [0, 0.1) is 6.92 Å². The molecule has 1 fully saturated rings. The van der Waals surface area contributed by atoms with Crippen LogP contribution in [0.4, 0.5) is 0 Å². The minimum atomic E-state index is -0.936. The Morgan fingerprint density at radius 1 is 1.45 bits per heavy atom. The van der Waals surface area contributed by atoms with Crippen LogP contribution in [0.1, 0.15) is 41.5 Å². The van der Waals surface area contributed by atoms with Crippen molar-refractivity contribution < 1.29 is 14.7 Å². The molecular weight excluding hydrogens is 282 g/mol. The van der Waals surface area contributed by atoms with Gasteiger partial charge in [0, 0.05) is 12.7 Å². The molecule has 1 saturated heterocycles. The molecule has 2 aromatic rings. The topological polar surface area (TPSA) is 74.9 Å². The van der Waals surface area contributed by atoms with Crippen molar-refractivity contribution in [2.75, 3.05) is 6.54 Å². The summed E-state index contributed by atoms with van der Waals surface area (Å²) in [5, 5.41) is 9.30. The van der Waals surface area contributed by atoms with Crippen LogP contribution in [0.5, 0.6) is 0 Å². The number of aliphatic carboxylic acids is 1. The molecule has 0 spiro atoms. The molecule has 2 aromatic heterocycles. The van der Waals surface area contributed by atoms with Crippen molar-refractivity contribution in [2.24, 2.45) is 0 Å². The minimum Gasteiger partial charge on any atom is -0.480 e. The summed E-state index contributed by atoms with van der Waals surface area (Å²) < 4.78 is 1.79. The third-order valence-corrected chi connectivity index (χ3v) is 4.25. The van der Waals surface area contributed by atoms with Gasteiger partial charge >= 0.3 is 5.97 Å². The van der Waals surface area contributed by atoms with E-state index in [9.17, 15) is 14.7 Å². The van der Waals surface area contributed by atoms with Gasteiger partial charge in [0.1, 0.15) is 17.4 Å². The van der Waals surface area contributed by atoms with Gasteiger partial charge in [0.25, 0.3) is 5.91 Å². The van der Waals surface area contributed by atoms with Crippen LogP contribution in [0.25, 0.3) is 5.65 Å². The predicted molar refractivity (Wildman–Crippen MR) is 81.0 cm³/mol. The largest absolute Gasteiger partial charge is 0.480 e. The lowest BCUT2D eigenvalue weighted by Crippen LogP contribution is -2.41. The van der Waals surface area contributed by atoms with Gasteiger partial charge in [-0.2, -0.15) is 0 Å². The highest BCUT2D eigenvalue weighted by Crippen LogP contribution is 2.24. The van der Waals surface area contributed by atoms with Crippen molar-refractivity contribution in [3.8, 4) is 0 Å². The molecule has 1 unspecified atom stereocenters. The third-order valence-electron chi connectivity index (χ3n) is 4.25. The van der Waals surface area contributed by atoms with E-state index in [1.807, 2.05) is 32.2 Å². The van der Waals surface area contributed by atoms with Crippen LogP contribution < -0.4 is 0 Å².